The van der Waals surface area contributed by atoms with Crippen LogP contribution in [-0.4, -0.2) is 29.2 Å². The Hall–Kier alpha value is -3.52. The molecule has 0 spiro atoms. The molecule has 34 heavy (non-hydrogen) atoms. The van der Waals surface area contributed by atoms with Gasteiger partial charge in [-0.25, -0.2) is 0 Å². The van der Waals surface area contributed by atoms with Gasteiger partial charge in [0.25, 0.3) is 5.91 Å². The molecule has 0 radical (unpaired) electrons. The second kappa shape index (κ2) is 10.2. The molecule has 3 aromatic rings. The Balaban J connectivity index is 1.82. The summed E-state index contributed by atoms with van der Waals surface area (Å²) in [7, 11) is 0. The number of aryl methyl sites for hydroxylation is 1. The maximum atomic E-state index is 13.8. The zero-order valence-electron chi connectivity index (χ0n) is 18.3. The van der Waals surface area contributed by atoms with Crippen LogP contribution in [0.1, 0.15) is 34.5 Å². The fourth-order valence-electron chi connectivity index (χ4n) is 3.31. The molecule has 3 aromatic carbocycles. The van der Waals surface area contributed by atoms with Crippen molar-refractivity contribution >= 4 is 29.2 Å². The highest BCUT2D eigenvalue weighted by molar-refractivity contribution is 6.31. The molecule has 0 aromatic heterocycles. The van der Waals surface area contributed by atoms with E-state index in [0.29, 0.717) is 21.7 Å². The lowest BCUT2D eigenvalue weighted by atomic mass is 10.0. The van der Waals surface area contributed by atoms with Gasteiger partial charge in [-0.1, -0.05) is 48.0 Å². The Kier molecular flexibility index (Phi) is 7.51. The summed E-state index contributed by atoms with van der Waals surface area (Å²) in [6, 6.07) is 14.1. The third kappa shape index (κ3) is 6.08. The largest absolute Gasteiger partial charge is 0.480 e. The Morgan fingerprint density at radius 3 is 2.24 bits per heavy atom. The van der Waals surface area contributed by atoms with Gasteiger partial charge in [0.2, 0.25) is 0 Å². The first kappa shape index (κ1) is 25.1. The molecular weight excluding hydrogens is 469 g/mol. The van der Waals surface area contributed by atoms with Gasteiger partial charge in [0.1, 0.15) is 12.1 Å². The van der Waals surface area contributed by atoms with E-state index in [0.717, 1.165) is 0 Å². The van der Waals surface area contributed by atoms with Gasteiger partial charge in [-0.05, 0) is 66.4 Å². The first-order valence-electron chi connectivity index (χ1n) is 10.3. The number of amides is 1. The summed E-state index contributed by atoms with van der Waals surface area (Å²) in [6.07, 6.45) is -4.54. The molecule has 3 N–H and O–H groups in total. The normalized spacial score (nSPS) is 13.1. The van der Waals surface area contributed by atoms with Crippen LogP contribution in [0, 0.1) is 6.92 Å². The summed E-state index contributed by atoms with van der Waals surface area (Å²) in [5.41, 5.74) is 2.45. The van der Waals surface area contributed by atoms with Crippen LogP contribution in [0.4, 0.5) is 18.9 Å². The lowest BCUT2D eigenvalue weighted by Crippen LogP contribution is -2.38. The molecule has 0 bridgehead atoms. The minimum atomic E-state index is -4.54. The summed E-state index contributed by atoms with van der Waals surface area (Å²) < 4.78 is 41.5. The Bertz CT molecular complexity index is 1200. The quantitative estimate of drug-likeness (QED) is 0.366. The first-order valence-corrected chi connectivity index (χ1v) is 10.7. The zero-order chi connectivity index (χ0) is 25.0. The summed E-state index contributed by atoms with van der Waals surface area (Å²) >= 11 is 5.96. The number of benzene rings is 3. The van der Waals surface area contributed by atoms with Crippen molar-refractivity contribution < 1.29 is 27.9 Å². The zero-order valence-corrected chi connectivity index (χ0v) is 19.0. The van der Waals surface area contributed by atoms with Crippen molar-refractivity contribution in [2.45, 2.75) is 32.1 Å². The highest BCUT2D eigenvalue weighted by Gasteiger charge is 2.41. The fourth-order valence-corrected chi connectivity index (χ4v) is 3.43. The molecule has 1 unspecified atom stereocenters. The van der Waals surface area contributed by atoms with E-state index in [1.807, 2.05) is 0 Å². The molecule has 0 aliphatic rings. The molecule has 0 aliphatic heterocycles. The van der Waals surface area contributed by atoms with E-state index < -0.39 is 30.1 Å². The van der Waals surface area contributed by atoms with Crippen molar-refractivity contribution in [3.8, 4) is 11.1 Å². The van der Waals surface area contributed by atoms with Crippen molar-refractivity contribution in [1.82, 2.24) is 5.32 Å². The number of carbonyl (C=O) groups is 2. The number of aliphatic carboxylic acids is 1. The van der Waals surface area contributed by atoms with Crippen LogP contribution in [0.2, 0.25) is 5.02 Å². The van der Waals surface area contributed by atoms with Crippen LogP contribution in [-0.2, 0) is 4.79 Å². The predicted octanol–water partition coefficient (Wildman–Crippen LogP) is 6.23. The summed E-state index contributed by atoms with van der Waals surface area (Å²) in [4.78, 5) is 23.1. The number of hydrogen-bond acceptors (Lipinski definition) is 3. The van der Waals surface area contributed by atoms with Crippen LogP contribution in [0.15, 0.2) is 66.7 Å². The average Bonchev–Trinajstić information content (AvgIpc) is 2.79. The van der Waals surface area contributed by atoms with Crippen LogP contribution in [0.5, 0.6) is 0 Å². The lowest BCUT2D eigenvalue weighted by molar-refractivity contribution is -0.144. The van der Waals surface area contributed by atoms with Crippen LogP contribution >= 0.6 is 11.6 Å². The molecule has 0 saturated heterocycles. The van der Waals surface area contributed by atoms with Gasteiger partial charge in [-0.3, -0.25) is 9.59 Å². The molecule has 9 heteroatoms. The molecule has 0 saturated carbocycles. The van der Waals surface area contributed by atoms with Crippen LogP contribution < -0.4 is 10.6 Å². The number of rotatable bonds is 7. The molecule has 2 atom stereocenters. The van der Waals surface area contributed by atoms with E-state index in [9.17, 15) is 22.8 Å². The number of hydrogen-bond donors (Lipinski definition) is 3. The minimum absolute atomic E-state index is 0.0470. The number of anilines is 1. The third-order valence-corrected chi connectivity index (χ3v) is 5.64. The Morgan fingerprint density at radius 2 is 1.65 bits per heavy atom. The lowest BCUT2D eigenvalue weighted by Gasteiger charge is -2.24. The summed E-state index contributed by atoms with van der Waals surface area (Å²) in [5, 5.41) is 14.2. The highest BCUT2D eigenvalue weighted by Crippen LogP contribution is 2.37. The fraction of sp³-hybridized carbons (Fsp3) is 0.200. The SMILES string of the molecule is Cc1cc(C(Nc2cccc(-c3ccc(C(=O)N[C@@H](C)C(=O)O)cc3)c2)C(F)(F)F)ccc1Cl. The smallest absolute Gasteiger partial charge is 0.412 e. The number of carboxylic acids is 1. The number of halogens is 4. The molecule has 5 nitrogen and oxygen atoms in total. The minimum Gasteiger partial charge on any atom is -0.480 e. The molecular formula is C25H22ClF3N2O3. The average molecular weight is 491 g/mol. The van der Waals surface area contributed by atoms with Gasteiger partial charge in [0, 0.05) is 16.3 Å². The van der Waals surface area contributed by atoms with Crippen molar-refractivity contribution in [3.05, 3.63) is 88.4 Å². The predicted molar refractivity (Wildman–Crippen MR) is 125 cm³/mol. The summed E-state index contributed by atoms with van der Waals surface area (Å²) in [5.74, 6) is -1.69. The molecule has 1 amide bonds. The number of nitrogens with one attached hydrogen (secondary N) is 2. The molecule has 0 aliphatic carbocycles. The number of carboxylic acid groups (broad SMARTS) is 1. The van der Waals surface area contributed by atoms with E-state index in [-0.39, 0.29) is 16.8 Å². The van der Waals surface area contributed by atoms with E-state index in [1.54, 1.807) is 43.3 Å². The Morgan fingerprint density at radius 1 is 0.971 bits per heavy atom. The van der Waals surface area contributed by atoms with Gasteiger partial charge in [0.15, 0.2) is 0 Å². The topological polar surface area (TPSA) is 78.4 Å². The second-order valence-electron chi connectivity index (χ2n) is 7.82. The van der Waals surface area contributed by atoms with Gasteiger partial charge >= 0.3 is 12.1 Å². The first-order chi connectivity index (χ1) is 16.0. The van der Waals surface area contributed by atoms with Gasteiger partial charge < -0.3 is 15.7 Å². The van der Waals surface area contributed by atoms with E-state index in [1.165, 1.54) is 37.3 Å². The molecule has 3 rings (SSSR count). The monoisotopic (exact) mass is 490 g/mol. The van der Waals surface area contributed by atoms with Gasteiger partial charge in [-0.15, -0.1) is 0 Å². The maximum absolute atomic E-state index is 13.8. The second-order valence-corrected chi connectivity index (χ2v) is 8.23. The van der Waals surface area contributed by atoms with Gasteiger partial charge in [0.05, 0.1) is 0 Å². The highest BCUT2D eigenvalue weighted by atomic mass is 35.5. The third-order valence-electron chi connectivity index (χ3n) is 5.21. The van der Waals surface area contributed by atoms with E-state index >= 15 is 0 Å². The molecule has 0 heterocycles. The maximum Gasteiger partial charge on any atom is 0.412 e. The van der Waals surface area contributed by atoms with Gasteiger partial charge in [-0.2, -0.15) is 13.2 Å². The van der Waals surface area contributed by atoms with E-state index in [4.69, 9.17) is 16.7 Å². The van der Waals surface area contributed by atoms with Crippen molar-refractivity contribution in [2.24, 2.45) is 0 Å². The van der Waals surface area contributed by atoms with Crippen LogP contribution in [0.25, 0.3) is 11.1 Å². The van der Waals surface area contributed by atoms with Crippen molar-refractivity contribution in [2.75, 3.05) is 5.32 Å². The van der Waals surface area contributed by atoms with E-state index in [2.05, 4.69) is 10.6 Å². The van der Waals surface area contributed by atoms with Crippen molar-refractivity contribution in [3.63, 3.8) is 0 Å². The molecule has 178 valence electrons. The number of alkyl halides is 3. The van der Waals surface area contributed by atoms with Crippen LogP contribution in [0.3, 0.4) is 0 Å². The standard InChI is InChI=1S/C25H22ClF3N2O3/c1-14-12-19(10-11-21(14)26)22(25(27,28)29)31-20-5-3-4-18(13-20)16-6-8-17(9-7-16)23(32)30-15(2)24(33)34/h3-13,15,22,31H,1-2H3,(H,30,32)(H,33,34)/t15-,22?/m0/s1. The molecule has 0 fully saturated rings. The van der Waals surface area contributed by atoms with Crippen molar-refractivity contribution in [1.29, 1.82) is 0 Å². The summed E-state index contributed by atoms with van der Waals surface area (Å²) in [6.45, 7) is 3.00. The number of carbonyl (C=O) groups excluding carboxylic acids is 1. The Labute approximate surface area is 199 Å².